The third-order valence-electron chi connectivity index (χ3n) is 2.71. The molecule has 0 atom stereocenters. The number of rotatable bonds is 3. The number of carbonyl (C=O) groups excluding carboxylic acids is 1. The molecular weight excluding hydrogens is 250 g/mol. The van der Waals surface area contributed by atoms with Crippen LogP contribution in [0.15, 0.2) is 18.5 Å². The van der Waals surface area contributed by atoms with Crippen molar-refractivity contribution in [2.75, 3.05) is 11.9 Å². The molecule has 94 valence electrons. The Kier molecular flexibility index (Phi) is 3.07. The van der Waals surface area contributed by atoms with Crippen LogP contribution in [-0.2, 0) is 24.3 Å². The fraction of sp³-hybridized carbons (Fsp3) is 0.364. The van der Waals surface area contributed by atoms with Crippen molar-refractivity contribution in [3.05, 3.63) is 29.0 Å². The number of nitrogens with zero attached hydrogens (tertiary/aromatic N) is 3. The number of hydrogen-bond acceptors (Lipinski definition) is 5. The van der Waals surface area contributed by atoms with Crippen LogP contribution in [-0.4, -0.2) is 27.2 Å². The molecule has 0 saturated carbocycles. The normalized spacial score (nSPS) is 14.2. The second-order valence-corrected chi connectivity index (χ2v) is 5.15. The number of fused-ring (bicyclic) bond motifs is 1. The van der Waals surface area contributed by atoms with Crippen LogP contribution < -0.4 is 10.6 Å². The Bertz CT molecular complexity index is 524. The van der Waals surface area contributed by atoms with Crippen molar-refractivity contribution in [1.29, 1.82) is 0 Å². The monoisotopic (exact) mass is 263 g/mol. The van der Waals surface area contributed by atoms with Crippen LogP contribution in [0.25, 0.3) is 0 Å². The summed E-state index contributed by atoms with van der Waals surface area (Å²) < 4.78 is 1.59. The first-order valence-electron chi connectivity index (χ1n) is 5.78. The first-order chi connectivity index (χ1) is 8.81. The summed E-state index contributed by atoms with van der Waals surface area (Å²) in [6, 6.07) is 1.79. The standard InChI is InChI=1S/C11H13N5OS/c17-10(7-16-5-1-3-13-16)15-11-14-8-2-4-12-6-9(8)18-11/h1,3,5,12H,2,4,6-7H2,(H,14,15,17). The Morgan fingerprint density at radius 2 is 2.56 bits per heavy atom. The Morgan fingerprint density at radius 3 is 3.33 bits per heavy atom. The van der Waals surface area contributed by atoms with E-state index in [0.29, 0.717) is 5.13 Å². The van der Waals surface area contributed by atoms with Crippen molar-refractivity contribution < 1.29 is 4.79 Å². The number of anilines is 1. The van der Waals surface area contributed by atoms with Crippen molar-refractivity contribution in [3.63, 3.8) is 0 Å². The SMILES string of the molecule is O=C(Cn1cccn1)Nc1nc2c(s1)CNCC2. The van der Waals surface area contributed by atoms with Gasteiger partial charge in [0.15, 0.2) is 5.13 Å². The lowest BCUT2D eigenvalue weighted by molar-refractivity contribution is -0.116. The molecule has 1 aliphatic heterocycles. The molecule has 2 aromatic heterocycles. The van der Waals surface area contributed by atoms with Crippen molar-refractivity contribution in [2.24, 2.45) is 0 Å². The van der Waals surface area contributed by atoms with E-state index in [2.05, 4.69) is 20.7 Å². The molecule has 2 aromatic rings. The molecule has 0 aliphatic carbocycles. The average molecular weight is 263 g/mol. The van der Waals surface area contributed by atoms with Crippen molar-refractivity contribution >= 4 is 22.4 Å². The highest BCUT2D eigenvalue weighted by Crippen LogP contribution is 2.25. The van der Waals surface area contributed by atoms with Gasteiger partial charge in [0.1, 0.15) is 6.54 Å². The molecule has 1 amide bonds. The molecule has 3 heterocycles. The number of thiazole rings is 1. The van der Waals surface area contributed by atoms with E-state index in [4.69, 9.17) is 0 Å². The zero-order valence-corrected chi connectivity index (χ0v) is 10.5. The molecule has 1 aliphatic rings. The molecule has 2 N–H and O–H groups in total. The van der Waals surface area contributed by atoms with Crippen LogP contribution in [0.3, 0.4) is 0 Å². The van der Waals surface area contributed by atoms with E-state index in [1.165, 1.54) is 4.88 Å². The van der Waals surface area contributed by atoms with Crippen LogP contribution >= 0.6 is 11.3 Å². The summed E-state index contributed by atoms with van der Waals surface area (Å²) in [5.41, 5.74) is 1.10. The summed E-state index contributed by atoms with van der Waals surface area (Å²) in [7, 11) is 0. The van der Waals surface area contributed by atoms with Gasteiger partial charge in [-0.3, -0.25) is 9.48 Å². The predicted molar refractivity (Wildman–Crippen MR) is 68.4 cm³/mol. The highest BCUT2D eigenvalue weighted by Gasteiger charge is 2.15. The molecule has 0 spiro atoms. The summed E-state index contributed by atoms with van der Waals surface area (Å²) in [5.74, 6) is -0.0993. The lowest BCUT2D eigenvalue weighted by Gasteiger charge is -2.09. The predicted octanol–water partition coefficient (Wildman–Crippen LogP) is 0.624. The number of hydrogen-bond donors (Lipinski definition) is 2. The van der Waals surface area contributed by atoms with E-state index in [1.807, 2.05) is 0 Å². The average Bonchev–Trinajstić information content (AvgIpc) is 2.96. The van der Waals surface area contributed by atoms with Crippen LogP contribution in [0.2, 0.25) is 0 Å². The van der Waals surface area contributed by atoms with E-state index in [0.717, 1.165) is 25.2 Å². The van der Waals surface area contributed by atoms with Crippen LogP contribution in [0.1, 0.15) is 10.6 Å². The third kappa shape index (κ3) is 2.41. The minimum absolute atomic E-state index is 0.0993. The topological polar surface area (TPSA) is 71.8 Å². The minimum atomic E-state index is -0.0993. The van der Waals surface area contributed by atoms with Gasteiger partial charge in [-0.2, -0.15) is 5.10 Å². The van der Waals surface area contributed by atoms with Gasteiger partial charge in [0.25, 0.3) is 0 Å². The molecule has 0 unspecified atom stereocenters. The van der Waals surface area contributed by atoms with Crippen LogP contribution in [0, 0.1) is 0 Å². The van der Waals surface area contributed by atoms with Crippen molar-refractivity contribution in [3.8, 4) is 0 Å². The summed E-state index contributed by atoms with van der Waals surface area (Å²) >= 11 is 1.54. The van der Waals surface area contributed by atoms with Crippen molar-refractivity contribution in [1.82, 2.24) is 20.1 Å². The minimum Gasteiger partial charge on any atom is -0.311 e. The summed E-state index contributed by atoms with van der Waals surface area (Å²) in [5, 5.41) is 10.8. The third-order valence-corrected chi connectivity index (χ3v) is 3.73. The molecule has 0 fully saturated rings. The van der Waals surface area contributed by atoms with Crippen molar-refractivity contribution in [2.45, 2.75) is 19.5 Å². The molecule has 0 bridgehead atoms. The van der Waals surface area contributed by atoms with Crippen LogP contribution in [0.4, 0.5) is 5.13 Å². The largest absolute Gasteiger partial charge is 0.311 e. The highest BCUT2D eigenvalue weighted by atomic mass is 32.1. The van der Waals surface area contributed by atoms with E-state index < -0.39 is 0 Å². The Labute approximate surface area is 108 Å². The van der Waals surface area contributed by atoms with Gasteiger partial charge in [-0.1, -0.05) is 0 Å². The smallest absolute Gasteiger partial charge is 0.247 e. The van der Waals surface area contributed by atoms with Gasteiger partial charge < -0.3 is 10.6 Å². The molecular formula is C11H13N5OS. The molecule has 3 rings (SSSR count). The quantitative estimate of drug-likeness (QED) is 0.851. The molecule has 6 nitrogen and oxygen atoms in total. The number of aromatic nitrogens is 3. The van der Waals surface area contributed by atoms with E-state index in [1.54, 1.807) is 34.5 Å². The van der Waals surface area contributed by atoms with Gasteiger partial charge in [-0.15, -0.1) is 11.3 Å². The maximum Gasteiger partial charge on any atom is 0.247 e. The van der Waals surface area contributed by atoms with E-state index in [-0.39, 0.29) is 12.5 Å². The fourth-order valence-corrected chi connectivity index (χ4v) is 2.87. The van der Waals surface area contributed by atoms with Crippen LogP contribution in [0.5, 0.6) is 0 Å². The van der Waals surface area contributed by atoms with E-state index >= 15 is 0 Å². The molecule has 0 saturated heterocycles. The van der Waals surface area contributed by atoms with Gasteiger partial charge in [0, 0.05) is 36.8 Å². The summed E-state index contributed by atoms with van der Waals surface area (Å²) in [6.45, 7) is 2.02. The maximum absolute atomic E-state index is 11.8. The van der Waals surface area contributed by atoms with Gasteiger partial charge in [-0.25, -0.2) is 4.98 Å². The Morgan fingerprint density at radius 1 is 1.61 bits per heavy atom. The molecule has 18 heavy (non-hydrogen) atoms. The highest BCUT2D eigenvalue weighted by molar-refractivity contribution is 7.15. The van der Waals surface area contributed by atoms with Gasteiger partial charge in [-0.05, 0) is 6.07 Å². The Hall–Kier alpha value is -1.73. The van der Waals surface area contributed by atoms with Gasteiger partial charge in [0.2, 0.25) is 5.91 Å². The zero-order valence-electron chi connectivity index (χ0n) is 9.72. The first-order valence-corrected chi connectivity index (χ1v) is 6.59. The molecule has 0 radical (unpaired) electrons. The fourth-order valence-electron chi connectivity index (χ4n) is 1.88. The maximum atomic E-state index is 11.8. The van der Waals surface area contributed by atoms with Gasteiger partial charge in [0.05, 0.1) is 5.69 Å². The molecule has 7 heteroatoms. The molecule has 0 aromatic carbocycles. The number of carbonyl (C=O) groups is 1. The lowest BCUT2D eigenvalue weighted by atomic mass is 10.2. The summed E-state index contributed by atoms with van der Waals surface area (Å²) in [6.07, 6.45) is 4.35. The lowest BCUT2D eigenvalue weighted by Crippen LogP contribution is -2.22. The first kappa shape index (κ1) is 11.4. The van der Waals surface area contributed by atoms with E-state index in [9.17, 15) is 4.79 Å². The van der Waals surface area contributed by atoms with Gasteiger partial charge >= 0.3 is 0 Å². The number of nitrogens with one attached hydrogen (secondary N) is 2. The second-order valence-electron chi connectivity index (χ2n) is 4.07. The number of amides is 1. The summed E-state index contributed by atoms with van der Waals surface area (Å²) in [4.78, 5) is 17.4. The second kappa shape index (κ2) is 4.87. The Balaban J connectivity index is 1.65. The zero-order chi connectivity index (χ0) is 12.4.